The molecule has 0 aliphatic carbocycles. The topological polar surface area (TPSA) is 52.7 Å². The van der Waals surface area contributed by atoms with Crippen LogP contribution in [0.15, 0.2) is 53.4 Å². The van der Waals surface area contributed by atoms with Crippen molar-refractivity contribution in [3.8, 4) is 0 Å². The maximum atomic E-state index is 13.5. The summed E-state index contributed by atoms with van der Waals surface area (Å²) in [7, 11) is -1.61. The summed E-state index contributed by atoms with van der Waals surface area (Å²) < 4.78 is 41.6. The molecule has 1 unspecified atom stereocenters. The number of piperazine rings is 1. The minimum atomic E-state index is -3.71. The summed E-state index contributed by atoms with van der Waals surface area (Å²) >= 11 is 0. The van der Waals surface area contributed by atoms with Crippen molar-refractivity contribution in [3.63, 3.8) is 0 Å². The average Bonchev–Trinajstić information content (AvgIpc) is 2.66. The number of nitrogens with one attached hydrogen (secondary N) is 1. The van der Waals surface area contributed by atoms with Gasteiger partial charge in [-0.2, -0.15) is 0 Å². The predicted molar refractivity (Wildman–Crippen MR) is 105 cm³/mol. The van der Waals surface area contributed by atoms with E-state index in [4.69, 9.17) is 0 Å². The summed E-state index contributed by atoms with van der Waals surface area (Å²) in [6, 6.07) is 13.8. The first-order valence-corrected chi connectivity index (χ1v) is 10.6. The van der Waals surface area contributed by atoms with Crippen LogP contribution in [0.5, 0.6) is 0 Å². The van der Waals surface area contributed by atoms with Crippen molar-refractivity contribution in [1.29, 1.82) is 0 Å². The monoisotopic (exact) mass is 391 g/mol. The van der Waals surface area contributed by atoms with Gasteiger partial charge >= 0.3 is 0 Å². The number of aryl methyl sites for hydroxylation is 1. The van der Waals surface area contributed by atoms with Gasteiger partial charge in [0.1, 0.15) is 5.82 Å². The van der Waals surface area contributed by atoms with Crippen LogP contribution in [0.1, 0.15) is 17.2 Å². The zero-order valence-corrected chi connectivity index (χ0v) is 16.5. The molecule has 0 radical (unpaired) electrons. The normalized spacial score (nSPS) is 17.7. The molecule has 1 saturated heterocycles. The summed E-state index contributed by atoms with van der Waals surface area (Å²) in [6.07, 6.45) is 0. The second-order valence-corrected chi connectivity index (χ2v) is 8.80. The van der Waals surface area contributed by atoms with Crippen LogP contribution >= 0.6 is 0 Å². The second kappa shape index (κ2) is 8.48. The zero-order valence-electron chi connectivity index (χ0n) is 15.7. The van der Waals surface area contributed by atoms with Crippen LogP contribution in [0.2, 0.25) is 0 Å². The predicted octanol–water partition coefficient (Wildman–Crippen LogP) is 2.40. The summed E-state index contributed by atoms with van der Waals surface area (Å²) in [4.78, 5) is 4.67. The third kappa shape index (κ3) is 4.93. The smallest absolute Gasteiger partial charge is 0.240 e. The molecule has 7 heteroatoms. The maximum Gasteiger partial charge on any atom is 0.240 e. The number of likely N-dealkylation sites (N-methyl/N-ethyl adjacent to an activating group) is 1. The van der Waals surface area contributed by atoms with Gasteiger partial charge in [0.2, 0.25) is 10.0 Å². The van der Waals surface area contributed by atoms with Crippen LogP contribution in [-0.2, 0) is 10.0 Å². The fourth-order valence-corrected chi connectivity index (χ4v) is 4.45. The van der Waals surface area contributed by atoms with Crippen LogP contribution in [-0.4, -0.2) is 58.0 Å². The van der Waals surface area contributed by atoms with E-state index < -0.39 is 15.8 Å². The first-order chi connectivity index (χ1) is 12.9. The fraction of sp³-hybridized carbons (Fsp3) is 0.400. The van der Waals surface area contributed by atoms with Gasteiger partial charge in [-0.25, -0.2) is 17.5 Å². The molecule has 0 spiro atoms. The molecular weight excluding hydrogens is 365 g/mol. The van der Waals surface area contributed by atoms with Gasteiger partial charge in [-0.15, -0.1) is 0 Å². The lowest BCUT2D eigenvalue weighted by molar-refractivity contribution is 0.113. The number of hydrogen-bond acceptors (Lipinski definition) is 4. The highest BCUT2D eigenvalue weighted by Gasteiger charge is 2.26. The molecule has 2 aromatic carbocycles. The minimum absolute atomic E-state index is 0.0452. The molecule has 3 rings (SSSR count). The van der Waals surface area contributed by atoms with E-state index in [1.54, 1.807) is 6.92 Å². The summed E-state index contributed by atoms with van der Waals surface area (Å²) in [6.45, 7) is 5.50. The molecule has 0 aromatic heterocycles. The Kier molecular flexibility index (Phi) is 6.26. The highest BCUT2D eigenvalue weighted by molar-refractivity contribution is 7.89. The van der Waals surface area contributed by atoms with E-state index in [2.05, 4.69) is 21.6 Å². The van der Waals surface area contributed by atoms with E-state index in [9.17, 15) is 12.8 Å². The molecule has 0 amide bonds. The van der Waals surface area contributed by atoms with Gasteiger partial charge in [-0.3, -0.25) is 4.90 Å². The second-order valence-electron chi connectivity index (χ2n) is 7.03. The third-order valence-electron chi connectivity index (χ3n) is 5.07. The average molecular weight is 392 g/mol. The van der Waals surface area contributed by atoms with Crippen molar-refractivity contribution in [1.82, 2.24) is 14.5 Å². The Morgan fingerprint density at radius 3 is 2.37 bits per heavy atom. The van der Waals surface area contributed by atoms with Crippen LogP contribution in [0.4, 0.5) is 4.39 Å². The highest BCUT2D eigenvalue weighted by Crippen LogP contribution is 2.22. The van der Waals surface area contributed by atoms with Crippen molar-refractivity contribution in [2.24, 2.45) is 0 Å². The molecule has 27 heavy (non-hydrogen) atoms. The number of rotatable bonds is 6. The largest absolute Gasteiger partial charge is 0.304 e. The molecule has 5 nitrogen and oxygen atoms in total. The lowest BCUT2D eigenvalue weighted by Gasteiger charge is -2.38. The maximum absolute atomic E-state index is 13.5. The van der Waals surface area contributed by atoms with Gasteiger partial charge in [-0.05, 0) is 43.3 Å². The molecule has 1 aliphatic rings. The van der Waals surface area contributed by atoms with E-state index in [1.165, 1.54) is 18.2 Å². The Labute approximate surface area is 160 Å². The standard InChI is InChI=1S/C20H26FN3O2S/c1-16-14-18(8-9-19(16)21)27(25,26)22-15-20(17-6-4-3-5-7-17)24-12-10-23(2)11-13-24/h3-9,14,20,22H,10-13,15H2,1-2H3. The first kappa shape index (κ1) is 19.9. The molecule has 0 bridgehead atoms. The van der Waals surface area contributed by atoms with Gasteiger partial charge < -0.3 is 4.90 Å². The Balaban J connectivity index is 1.78. The van der Waals surface area contributed by atoms with E-state index in [0.717, 1.165) is 31.7 Å². The Bertz CT molecular complexity index is 866. The molecule has 1 atom stereocenters. The van der Waals surface area contributed by atoms with Crippen LogP contribution < -0.4 is 4.72 Å². The van der Waals surface area contributed by atoms with E-state index >= 15 is 0 Å². The lowest BCUT2D eigenvalue weighted by atomic mass is 10.0. The SMILES string of the molecule is Cc1cc(S(=O)(=O)NCC(c2ccccc2)N2CCN(C)CC2)ccc1F. The summed E-state index contributed by atoms with van der Waals surface area (Å²) in [5.74, 6) is -0.409. The van der Waals surface area contributed by atoms with Gasteiger partial charge in [0, 0.05) is 38.8 Å². The van der Waals surface area contributed by atoms with Crippen LogP contribution in [0, 0.1) is 12.7 Å². The summed E-state index contributed by atoms with van der Waals surface area (Å²) in [5.41, 5.74) is 1.40. The molecule has 0 saturated carbocycles. The fourth-order valence-electron chi connectivity index (χ4n) is 3.32. The van der Waals surface area contributed by atoms with Crippen molar-refractivity contribution >= 4 is 10.0 Å². The summed E-state index contributed by atoms with van der Waals surface area (Å²) in [5, 5.41) is 0. The molecule has 1 N–H and O–H groups in total. The molecule has 1 aliphatic heterocycles. The van der Waals surface area contributed by atoms with E-state index in [-0.39, 0.29) is 17.5 Å². The third-order valence-corrected chi connectivity index (χ3v) is 6.49. The number of benzene rings is 2. The van der Waals surface area contributed by atoms with Crippen molar-refractivity contribution in [2.45, 2.75) is 17.9 Å². The quantitative estimate of drug-likeness (QED) is 0.822. The Morgan fingerprint density at radius 2 is 1.74 bits per heavy atom. The van der Waals surface area contributed by atoms with Gasteiger partial charge in [0.15, 0.2) is 0 Å². The van der Waals surface area contributed by atoms with Crippen LogP contribution in [0.3, 0.4) is 0 Å². The number of sulfonamides is 1. The first-order valence-electron chi connectivity index (χ1n) is 9.10. The van der Waals surface area contributed by atoms with Crippen molar-refractivity contribution in [3.05, 3.63) is 65.5 Å². The van der Waals surface area contributed by atoms with E-state index in [0.29, 0.717) is 5.56 Å². The van der Waals surface area contributed by atoms with Gasteiger partial charge in [-0.1, -0.05) is 30.3 Å². The number of hydrogen-bond donors (Lipinski definition) is 1. The molecular formula is C20H26FN3O2S. The zero-order chi connectivity index (χ0) is 19.4. The highest BCUT2D eigenvalue weighted by atomic mass is 32.2. The van der Waals surface area contributed by atoms with Gasteiger partial charge in [0.25, 0.3) is 0 Å². The van der Waals surface area contributed by atoms with E-state index in [1.807, 2.05) is 30.3 Å². The molecule has 146 valence electrons. The van der Waals surface area contributed by atoms with Crippen molar-refractivity contribution < 1.29 is 12.8 Å². The van der Waals surface area contributed by atoms with Crippen molar-refractivity contribution in [2.75, 3.05) is 39.8 Å². The molecule has 1 heterocycles. The number of halogens is 1. The molecule has 2 aromatic rings. The Morgan fingerprint density at radius 1 is 1.07 bits per heavy atom. The van der Waals surface area contributed by atoms with Crippen LogP contribution in [0.25, 0.3) is 0 Å². The lowest BCUT2D eigenvalue weighted by Crippen LogP contribution is -2.48. The minimum Gasteiger partial charge on any atom is -0.304 e. The molecule has 1 fully saturated rings. The Hall–Kier alpha value is -1.80. The number of nitrogens with zero attached hydrogens (tertiary/aromatic N) is 2. The van der Waals surface area contributed by atoms with Gasteiger partial charge in [0.05, 0.1) is 4.90 Å².